The van der Waals surface area contributed by atoms with Crippen LogP contribution in [0.25, 0.3) is 0 Å². The second-order valence-corrected chi connectivity index (χ2v) is 7.34. The van der Waals surface area contributed by atoms with Crippen LogP contribution in [0.4, 0.5) is 17.1 Å². The predicted molar refractivity (Wildman–Crippen MR) is 112 cm³/mol. The number of carbonyl (C=O) groups excluding carboxylic acids is 2. The highest BCUT2D eigenvalue weighted by Crippen LogP contribution is 2.29. The van der Waals surface area contributed by atoms with Crippen LogP contribution in [-0.4, -0.2) is 38.1 Å². The van der Waals surface area contributed by atoms with Crippen molar-refractivity contribution in [3.05, 3.63) is 54.1 Å². The number of nitrogens with one attached hydrogen (secondary N) is 2. The number of para-hydroxylation sites is 2. The van der Waals surface area contributed by atoms with Crippen LogP contribution in [0.5, 0.6) is 0 Å². The number of morpholine rings is 1. The van der Waals surface area contributed by atoms with Crippen molar-refractivity contribution in [2.45, 2.75) is 13.8 Å². The van der Waals surface area contributed by atoms with E-state index in [2.05, 4.69) is 15.5 Å². The molecule has 1 aliphatic rings. The molecule has 0 aliphatic carbocycles. The molecule has 7 nitrogen and oxygen atoms in total. The van der Waals surface area contributed by atoms with Crippen LogP contribution < -0.4 is 15.5 Å². The molecular weight excluding hydrogens is 368 g/mol. The Morgan fingerprint density at radius 3 is 2.28 bits per heavy atom. The van der Waals surface area contributed by atoms with Crippen LogP contribution in [0.3, 0.4) is 0 Å². The van der Waals surface area contributed by atoms with Crippen molar-refractivity contribution in [3.8, 4) is 6.07 Å². The average molecular weight is 392 g/mol. The Kier molecular flexibility index (Phi) is 6.15. The molecule has 0 saturated carbocycles. The summed E-state index contributed by atoms with van der Waals surface area (Å²) < 4.78 is 5.40. The van der Waals surface area contributed by atoms with Gasteiger partial charge in [-0.1, -0.05) is 12.1 Å². The number of carbonyl (C=O) groups is 2. The van der Waals surface area contributed by atoms with Crippen molar-refractivity contribution >= 4 is 28.9 Å². The number of amides is 2. The van der Waals surface area contributed by atoms with E-state index < -0.39 is 17.2 Å². The molecule has 2 N–H and O–H groups in total. The van der Waals surface area contributed by atoms with Gasteiger partial charge in [-0.25, -0.2) is 0 Å². The van der Waals surface area contributed by atoms with Crippen LogP contribution in [-0.2, 0) is 14.3 Å². The quantitative estimate of drug-likeness (QED) is 0.763. The number of hydrogen-bond acceptors (Lipinski definition) is 5. The minimum absolute atomic E-state index is 0.399. The lowest BCUT2D eigenvalue weighted by Crippen LogP contribution is -2.42. The number of nitriles is 1. The van der Waals surface area contributed by atoms with Gasteiger partial charge in [0.1, 0.15) is 5.41 Å². The summed E-state index contributed by atoms with van der Waals surface area (Å²) in [5.74, 6) is -0.826. The maximum Gasteiger partial charge on any atom is 0.239 e. The van der Waals surface area contributed by atoms with Gasteiger partial charge in [-0.2, -0.15) is 5.26 Å². The molecular formula is C22H24N4O3. The van der Waals surface area contributed by atoms with Gasteiger partial charge in [-0.05, 0) is 50.2 Å². The number of ether oxygens (including phenoxy) is 1. The third-order valence-corrected chi connectivity index (χ3v) is 4.91. The molecule has 1 heterocycles. The van der Waals surface area contributed by atoms with E-state index in [4.69, 9.17) is 10.00 Å². The second kappa shape index (κ2) is 8.76. The molecule has 0 radical (unpaired) electrons. The fourth-order valence-corrected chi connectivity index (χ4v) is 2.96. The highest BCUT2D eigenvalue weighted by atomic mass is 16.5. The van der Waals surface area contributed by atoms with Crippen molar-refractivity contribution in [1.29, 1.82) is 5.26 Å². The zero-order chi connectivity index (χ0) is 20.9. The van der Waals surface area contributed by atoms with Gasteiger partial charge in [-0.15, -0.1) is 0 Å². The van der Waals surface area contributed by atoms with E-state index in [0.717, 1.165) is 18.8 Å². The van der Waals surface area contributed by atoms with E-state index >= 15 is 0 Å². The molecule has 1 saturated heterocycles. The smallest absolute Gasteiger partial charge is 0.239 e. The molecule has 0 bridgehead atoms. The monoisotopic (exact) mass is 392 g/mol. The van der Waals surface area contributed by atoms with Crippen molar-refractivity contribution in [2.24, 2.45) is 5.41 Å². The Bertz CT molecular complexity index is 926. The van der Waals surface area contributed by atoms with E-state index in [1.807, 2.05) is 30.3 Å². The third kappa shape index (κ3) is 4.73. The van der Waals surface area contributed by atoms with Gasteiger partial charge >= 0.3 is 0 Å². The second-order valence-electron chi connectivity index (χ2n) is 7.34. The number of anilines is 3. The lowest BCUT2D eigenvalue weighted by Gasteiger charge is -2.31. The van der Waals surface area contributed by atoms with Gasteiger partial charge in [0.05, 0.1) is 36.2 Å². The molecule has 0 spiro atoms. The predicted octanol–water partition coefficient (Wildman–Crippen LogP) is 3.00. The molecule has 2 aromatic rings. The fourth-order valence-electron chi connectivity index (χ4n) is 2.96. The highest BCUT2D eigenvalue weighted by molar-refractivity contribution is 6.14. The highest BCUT2D eigenvalue weighted by Gasteiger charge is 2.36. The molecule has 2 amide bonds. The molecule has 0 atom stereocenters. The summed E-state index contributed by atoms with van der Waals surface area (Å²) in [6, 6.07) is 16.1. The molecule has 1 aliphatic heterocycles. The van der Waals surface area contributed by atoms with Gasteiger partial charge in [-0.3, -0.25) is 9.59 Å². The van der Waals surface area contributed by atoms with Crippen LogP contribution >= 0.6 is 0 Å². The molecule has 2 aromatic carbocycles. The molecule has 3 rings (SSSR count). The summed E-state index contributed by atoms with van der Waals surface area (Å²) in [6.07, 6.45) is 0. The molecule has 0 aromatic heterocycles. The van der Waals surface area contributed by atoms with E-state index in [-0.39, 0.29) is 0 Å². The van der Waals surface area contributed by atoms with Gasteiger partial charge in [0.2, 0.25) is 11.8 Å². The van der Waals surface area contributed by atoms with Crippen molar-refractivity contribution in [3.63, 3.8) is 0 Å². The standard InChI is InChI=1S/C22H24N4O3/c1-22(2,20(27)24-17-9-7-16(15-23)8-10-17)21(28)25-18-5-3-4-6-19(18)26-11-13-29-14-12-26/h3-10H,11-14H2,1-2H3,(H,24,27)(H,25,28). The van der Waals surface area contributed by atoms with E-state index in [1.54, 1.807) is 38.1 Å². The number of rotatable bonds is 5. The number of nitrogens with zero attached hydrogens (tertiary/aromatic N) is 2. The number of hydrogen-bond donors (Lipinski definition) is 2. The Labute approximate surface area is 170 Å². The van der Waals surface area contributed by atoms with Crippen LogP contribution in [0, 0.1) is 16.7 Å². The molecule has 0 unspecified atom stereocenters. The van der Waals surface area contributed by atoms with E-state index in [0.29, 0.717) is 30.2 Å². The third-order valence-electron chi connectivity index (χ3n) is 4.91. The summed E-state index contributed by atoms with van der Waals surface area (Å²) in [7, 11) is 0. The van der Waals surface area contributed by atoms with Gasteiger partial charge in [0.15, 0.2) is 0 Å². The first-order valence-corrected chi connectivity index (χ1v) is 9.46. The van der Waals surface area contributed by atoms with E-state index in [9.17, 15) is 9.59 Å². The van der Waals surface area contributed by atoms with E-state index in [1.165, 1.54) is 0 Å². The average Bonchev–Trinajstić information content (AvgIpc) is 2.75. The van der Waals surface area contributed by atoms with Crippen LogP contribution in [0.1, 0.15) is 19.4 Å². The maximum atomic E-state index is 12.9. The first-order valence-electron chi connectivity index (χ1n) is 9.46. The Morgan fingerprint density at radius 1 is 1.00 bits per heavy atom. The van der Waals surface area contributed by atoms with Gasteiger partial charge in [0, 0.05) is 18.8 Å². The van der Waals surface area contributed by atoms with Crippen molar-refractivity contribution < 1.29 is 14.3 Å². The SMILES string of the molecule is CC(C)(C(=O)Nc1ccc(C#N)cc1)C(=O)Nc1ccccc1N1CCOCC1. The minimum atomic E-state index is -1.30. The summed E-state index contributed by atoms with van der Waals surface area (Å²) in [6.45, 7) is 5.93. The minimum Gasteiger partial charge on any atom is -0.378 e. The molecule has 150 valence electrons. The summed E-state index contributed by atoms with van der Waals surface area (Å²) in [5.41, 5.74) is 1.31. The molecule has 1 fully saturated rings. The lowest BCUT2D eigenvalue weighted by atomic mass is 9.90. The lowest BCUT2D eigenvalue weighted by molar-refractivity contribution is -0.135. The maximum absolute atomic E-state index is 12.9. The van der Waals surface area contributed by atoms with Crippen molar-refractivity contribution in [2.75, 3.05) is 41.8 Å². The van der Waals surface area contributed by atoms with Crippen molar-refractivity contribution in [1.82, 2.24) is 0 Å². The zero-order valence-electron chi connectivity index (χ0n) is 16.6. The largest absolute Gasteiger partial charge is 0.378 e. The van der Waals surface area contributed by atoms with Gasteiger partial charge < -0.3 is 20.3 Å². The van der Waals surface area contributed by atoms with Crippen LogP contribution in [0.2, 0.25) is 0 Å². The fraction of sp³-hybridized carbons (Fsp3) is 0.318. The number of benzene rings is 2. The van der Waals surface area contributed by atoms with Crippen LogP contribution in [0.15, 0.2) is 48.5 Å². The Morgan fingerprint density at radius 2 is 1.62 bits per heavy atom. The normalized spacial score (nSPS) is 14.0. The Balaban J connectivity index is 1.72. The summed E-state index contributed by atoms with van der Waals surface area (Å²) in [4.78, 5) is 27.8. The Hall–Kier alpha value is -3.37. The first-order chi connectivity index (χ1) is 13.9. The summed E-state index contributed by atoms with van der Waals surface area (Å²) in [5, 5.41) is 14.5. The summed E-state index contributed by atoms with van der Waals surface area (Å²) >= 11 is 0. The topological polar surface area (TPSA) is 94.5 Å². The molecule has 7 heteroatoms. The zero-order valence-corrected chi connectivity index (χ0v) is 16.6. The molecule has 29 heavy (non-hydrogen) atoms. The first kappa shape index (κ1) is 20.4. The van der Waals surface area contributed by atoms with Gasteiger partial charge in [0.25, 0.3) is 0 Å².